The molecule has 0 aliphatic heterocycles. The molecule has 1 aromatic carbocycles. The summed E-state index contributed by atoms with van der Waals surface area (Å²) in [6, 6.07) is 10.5. The van der Waals surface area contributed by atoms with Gasteiger partial charge in [-0.3, -0.25) is 0 Å². The van der Waals surface area contributed by atoms with Crippen molar-refractivity contribution in [1.82, 2.24) is 4.98 Å². The van der Waals surface area contributed by atoms with Crippen LogP contribution in [0.2, 0.25) is 0 Å². The smallest absolute Gasteiger partial charge is 0.187 e. The van der Waals surface area contributed by atoms with Gasteiger partial charge in [-0.2, -0.15) is 5.26 Å². The second-order valence-electron chi connectivity index (χ2n) is 5.26. The van der Waals surface area contributed by atoms with E-state index in [1.165, 1.54) is 16.9 Å². The predicted octanol–water partition coefficient (Wildman–Crippen LogP) is 4.61. The van der Waals surface area contributed by atoms with Crippen LogP contribution in [0, 0.1) is 11.3 Å². The first-order valence-electron chi connectivity index (χ1n) is 7.24. The number of thiazole rings is 1. The Morgan fingerprint density at radius 1 is 1.41 bits per heavy atom. The molecule has 0 fully saturated rings. The Morgan fingerprint density at radius 2 is 2.09 bits per heavy atom. The number of anilines is 2. The first-order valence-corrected chi connectivity index (χ1v) is 8.12. The molecule has 0 aliphatic carbocycles. The molecule has 0 aliphatic rings. The first-order chi connectivity index (χ1) is 10.5. The lowest BCUT2D eigenvalue weighted by molar-refractivity contribution is 0.734. The van der Waals surface area contributed by atoms with E-state index in [0.717, 1.165) is 17.2 Å². The van der Waals surface area contributed by atoms with Crippen molar-refractivity contribution in [2.45, 2.75) is 33.1 Å². The van der Waals surface area contributed by atoms with E-state index in [9.17, 15) is 0 Å². The van der Waals surface area contributed by atoms with Crippen molar-refractivity contribution in [3.63, 3.8) is 0 Å². The Labute approximate surface area is 135 Å². The Hall–Kier alpha value is -2.32. The minimum Gasteiger partial charge on any atom is -0.401 e. The van der Waals surface area contributed by atoms with Crippen LogP contribution in [0.3, 0.4) is 0 Å². The van der Waals surface area contributed by atoms with E-state index < -0.39 is 0 Å². The van der Waals surface area contributed by atoms with Crippen molar-refractivity contribution in [2.24, 2.45) is 5.73 Å². The molecule has 0 saturated carbocycles. The summed E-state index contributed by atoms with van der Waals surface area (Å²) in [6.07, 6.45) is 1.13. The maximum absolute atomic E-state index is 9.11. The van der Waals surface area contributed by atoms with Crippen LogP contribution >= 0.6 is 11.3 Å². The standard InChI is InChI=1S/C17H20N4S/c1-4-11(2)13-5-7-14(8-6-13)20-17-21-16(10-22-17)15(9-18)12(3)19/h5-8,10-11H,4,19H2,1-3H3,(H,20,21)/b15-12-/t11-/m0/s1. The van der Waals surface area contributed by atoms with Crippen LogP contribution < -0.4 is 11.1 Å². The van der Waals surface area contributed by atoms with E-state index in [1.54, 1.807) is 6.92 Å². The molecule has 0 radical (unpaired) electrons. The topological polar surface area (TPSA) is 74.7 Å². The number of allylic oxidation sites excluding steroid dienone is 2. The van der Waals surface area contributed by atoms with Crippen molar-refractivity contribution >= 4 is 27.7 Å². The maximum atomic E-state index is 9.11. The summed E-state index contributed by atoms with van der Waals surface area (Å²) in [4.78, 5) is 4.42. The summed E-state index contributed by atoms with van der Waals surface area (Å²) in [6.45, 7) is 6.12. The number of aromatic nitrogens is 1. The summed E-state index contributed by atoms with van der Waals surface area (Å²) < 4.78 is 0. The predicted molar refractivity (Wildman–Crippen MR) is 92.9 cm³/mol. The van der Waals surface area contributed by atoms with Gasteiger partial charge in [0.1, 0.15) is 6.07 Å². The highest BCUT2D eigenvalue weighted by atomic mass is 32.1. The second kappa shape index (κ2) is 7.10. The molecule has 0 amide bonds. The molecule has 2 rings (SSSR count). The van der Waals surface area contributed by atoms with Gasteiger partial charge >= 0.3 is 0 Å². The van der Waals surface area contributed by atoms with Crippen molar-refractivity contribution < 1.29 is 0 Å². The quantitative estimate of drug-likeness (QED) is 0.790. The van der Waals surface area contributed by atoms with Gasteiger partial charge in [-0.25, -0.2) is 4.98 Å². The molecular weight excluding hydrogens is 292 g/mol. The summed E-state index contributed by atoms with van der Waals surface area (Å²) in [7, 11) is 0. The van der Waals surface area contributed by atoms with E-state index in [-0.39, 0.29) is 0 Å². The molecule has 1 heterocycles. The highest BCUT2D eigenvalue weighted by Crippen LogP contribution is 2.26. The molecule has 0 spiro atoms. The molecule has 114 valence electrons. The minimum atomic E-state index is 0.427. The molecule has 4 nitrogen and oxygen atoms in total. The highest BCUT2D eigenvalue weighted by Gasteiger charge is 2.09. The zero-order chi connectivity index (χ0) is 16.1. The fraction of sp³-hybridized carbons (Fsp3) is 0.294. The normalized spacial score (nSPS) is 13.2. The molecule has 0 unspecified atom stereocenters. The first kappa shape index (κ1) is 16.1. The van der Waals surface area contributed by atoms with Crippen LogP contribution in [0.4, 0.5) is 10.8 Å². The van der Waals surface area contributed by atoms with Crippen LogP contribution in [0.25, 0.3) is 5.57 Å². The van der Waals surface area contributed by atoms with Gasteiger partial charge in [-0.05, 0) is 37.0 Å². The van der Waals surface area contributed by atoms with Gasteiger partial charge < -0.3 is 11.1 Å². The number of rotatable bonds is 5. The Kier molecular flexibility index (Phi) is 5.18. The average molecular weight is 312 g/mol. The molecule has 0 bridgehead atoms. The fourth-order valence-corrected chi connectivity index (χ4v) is 2.77. The van der Waals surface area contributed by atoms with Gasteiger partial charge in [0, 0.05) is 16.8 Å². The van der Waals surface area contributed by atoms with Crippen molar-refractivity contribution in [3.05, 3.63) is 46.6 Å². The van der Waals surface area contributed by atoms with E-state index in [0.29, 0.717) is 22.9 Å². The molecule has 0 saturated heterocycles. The number of nitrogens with zero attached hydrogens (tertiary/aromatic N) is 2. The van der Waals surface area contributed by atoms with E-state index in [1.807, 2.05) is 5.38 Å². The number of nitrogens with two attached hydrogens (primary N) is 1. The van der Waals surface area contributed by atoms with Crippen molar-refractivity contribution in [2.75, 3.05) is 5.32 Å². The lowest BCUT2D eigenvalue weighted by Crippen LogP contribution is -1.97. The van der Waals surface area contributed by atoms with Gasteiger partial charge in [0.05, 0.1) is 11.3 Å². The van der Waals surface area contributed by atoms with Gasteiger partial charge in [0.15, 0.2) is 5.13 Å². The molecule has 1 aromatic heterocycles. The maximum Gasteiger partial charge on any atom is 0.187 e. The van der Waals surface area contributed by atoms with E-state index >= 15 is 0 Å². The van der Waals surface area contributed by atoms with Crippen LogP contribution in [-0.4, -0.2) is 4.98 Å². The third-order valence-electron chi connectivity index (χ3n) is 3.61. The van der Waals surface area contributed by atoms with E-state index in [2.05, 4.69) is 54.5 Å². The zero-order valence-electron chi connectivity index (χ0n) is 13.1. The van der Waals surface area contributed by atoms with Gasteiger partial charge in [0.2, 0.25) is 0 Å². The number of nitrogens with one attached hydrogen (secondary N) is 1. The molecule has 2 aromatic rings. The number of hydrogen-bond acceptors (Lipinski definition) is 5. The molecule has 5 heteroatoms. The van der Waals surface area contributed by atoms with Gasteiger partial charge in [0.25, 0.3) is 0 Å². The lowest BCUT2D eigenvalue weighted by Gasteiger charge is -2.10. The number of nitriles is 1. The number of benzene rings is 1. The number of hydrogen-bond donors (Lipinski definition) is 2. The third kappa shape index (κ3) is 3.66. The average Bonchev–Trinajstić information content (AvgIpc) is 2.95. The molecular formula is C17H20N4S. The van der Waals surface area contributed by atoms with Gasteiger partial charge in [-0.15, -0.1) is 11.3 Å². The Morgan fingerprint density at radius 3 is 2.64 bits per heavy atom. The van der Waals surface area contributed by atoms with Crippen LogP contribution in [-0.2, 0) is 0 Å². The minimum absolute atomic E-state index is 0.427. The second-order valence-corrected chi connectivity index (χ2v) is 6.12. The van der Waals surface area contributed by atoms with Crippen LogP contribution in [0.15, 0.2) is 35.3 Å². The van der Waals surface area contributed by atoms with Crippen molar-refractivity contribution in [3.8, 4) is 6.07 Å². The highest BCUT2D eigenvalue weighted by molar-refractivity contribution is 7.13. The van der Waals surface area contributed by atoms with E-state index in [4.69, 9.17) is 11.0 Å². The Bertz CT molecular complexity index is 703. The lowest BCUT2D eigenvalue weighted by atomic mass is 9.99. The zero-order valence-corrected chi connectivity index (χ0v) is 13.9. The SMILES string of the molecule is CC[C@H](C)c1ccc(Nc2nc(/C(C#N)=C(/C)N)cs2)cc1. The fourth-order valence-electron chi connectivity index (χ4n) is 2.05. The van der Waals surface area contributed by atoms with Gasteiger partial charge in [-0.1, -0.05) is 26.0 Å². The molecule has 1 atom stereocenters. The Balaban J connectivity index is 2.14. The summed E-state index contributed by atoms with van der Waals surface area (Å²) >= 11 is 1.46. The van der Waals surface area contributed by atoms with Crippen LogP contribution in [0.5, 0.6) is 0 Å². The third-order valence-corrected chi connectivity index (χ3v) is 4.37. The summed E-state index contributed by atoms with van der Waals surface area (Å²) in [5.74, 6) is 0.566. The molecule has 3 N–H and O–H groups in total. The summed E-state index contributed by atoms with van der Waals surface area (Å²) in [5.41, 5.74) is 9.55. The summed E-state index contributed by atoms with van der Waals surface area (Å²) in [5, 5.41) is 15.0. The van der Waals surface area contributed by atoms with Crippen LogP contribution in [0.1, 0.15) is 44.4 Å². The monoisotopic (exact) mass is 312 g/mol. The van der Waals surface area contributed by atoms with Crippen molar-refractivity contribution in [1.29, 1.82) is 5.26 Å². The largest absolute Gasteiger partial charge is 0.401 e. The molecule has 22 heavy (non-hydrogen) atoms.